The Balaban J connectivity index is 2.73. The first-order valence-corrected chi connectivity index (χ1v) is 6.67. The molecule has 1 nitrogen and oxygen atoms in total. The molecule has 0 radical (unpaired) electrons. The molecule has 0 saturated heterocycles. The van der Waals surface area contributed by atoms with Gasteiger partial charge in [0, 0.05) is 24.1 Å². The summed E-state index contributed by atoms with van der Waals surface area (Å²) in [4.78, 5) is 2.43. The van der Waals surface area contributed by atoms with Crippen LogP contribution in [0.1, 0.15) is 19.4 Å². The van der Waals surface area contributed by atoms with E-state index >= 15 is 0 Å². The summed E-state index contributed by atoms with van der Waals surface area (Å²) in [5.74, 6) is 0.686. The summed E-state index contributed by atoms with van der Waals surface area (Å²) in [5.41, 5.74) is 2.67. The van der Waals surface area contributed by atoms with Crippen LogP contribution in [0.5, 0.6) is 0 Å². The maximum absolute atomic E-state index is 3.53. The number of aryl methyl sites for hydroxylation is 1. The van der Waals surface area contributed by atoms with Crippen LogP contribution in [0.25, 0.3) is 0 Å². The normalized spacial score (nSPS) is 12.5. The van der Waals surface area contributed by atoms with Crippen LogP contribution in [-0.4, -0.2) is 18.4 Å². The van der Waals surface area contributed by atoms with Crippen molar-refractivity contribution in [2.24, 2.45) is 5.92 Å². The minimum Gasteiger partial charge on any atom is -0.372 e. The second kappa shape index (κ2) is 6.16. The largest absolute Gasteiger partial charge is 0.372 e. The van der Waals surface area contributed by atoms with Gasteiger partial charge in [-0.1, -0.05) is 35.0 Å². The number of benzene rings is 1. The third kappa shape index (κ3) is 3.86. The van der Waals surface area contributed by atoms with E-state index in [0.29, 0.717) is 5.92 Å². The highest BCUT2D eigenvalue weighted by atomic mass is 79.9. The van der Waals surface area contributed by atoms with Gasteiger partial charge in [-0.15, -0.1) is 0 Å². The molecule has 15 heavy (non-hydrogen) atoms. The van der Waals surface area contributed by atoms with E-state index in [2.05, 4.69) is 65.9 Å². The lowest BCUT2D eigenvalue weighted by Crippen LogP contribution is -2.28. The number of halogens is 1. The van der Waals surface area contributed by atoms with Crippen molar-refractivity contribution in [3.8, 4) is 0 Å². The molecule has 2 heteroatoms. The Bertz CT molecular complexity index is 298. The van der Waals surface area contributed by atoms with Gasteiger partial charge in [0.1, 0.15) is 0 Å². The zero-order valence-electron chi connectivity index (χ0n) is 9.83. The molecular weight excluding hydrogens is 250 g/mol. The van der Waals surface area contributed by atoms with Crippen LogP contribution in [0.15, 0.2) is 24.3 Å². The van der Waals surface area contributed by atoms with Crippen molar-refractivity contribution in [1.29, 1.82) is 0 Å². The van der Waals surface area contributed by atoms with Gasteiger partial charge >= 0.3 is 0 Å². The van der Waals surface area contributed by atoms with Crippen LogP contribution in [0.3, 0.4) is 0 Å². The molecule has 1 aromatic carbocycles. The molecule has 0 bridgehead atoms. The molecule has 1 unspecified atom stereocenters. The van der Waals surface area contributed by atoms with Gasteiger partial charge in [-0.05, 0) is 37.5 Å². The fourth-order valence-electron chi connectivity index (χ4n) is 1.67. The monoisotopic (exact) mass is 269 g/mol. The van der Waals surface area contributed by atoms with Gasteiger partial charge < -0.3 is 4.90 Å². The molecule has 1 rings (SSSR count). The van der Waals surface area contributed by atoms with Crippen molar-refractivity contribution < 1.29 is 0 Å². The average Bonchev–Trinajstić information content (AvgIpc) is 2.25. The van der Waals surface area contributed by atoms with Gasteiger partial charge in [0.2, 0.25) is 0 Å². The van der Waals surface area contributed by atoms with E-state index < -0.39 is 0 Å². The lowest BCUT2D eigenvalue weighted by atomic mass is 10.1. The van der Waals surface area contributed by atoms with Crippen molar-refractivity contribution in [2.75, 3.05) is 23.3 Å². The lowest BCUT2D eigenvalue weighted by molar-refractivity contribution is 0.631. The summed E-state index contributed by atoms with van der Waals surface area (Å²) >= 11 is 3.53. The van der Waals surface area contributed by atoms with E-state index in [9.17, 15) is 0 Å². The first kappa shape index (κ1) is 12.6. The molecule has 0 aliphatic heterocycles. The van der Waals surface area contributed by atoms with Crippen molar-refractivity contribution in [2.45, 2.75) is 20.8 Å². The minimum absolute atomic E-state index is 0.686. The van der Waals surface area contributed by atoms with Crippen molar-refractivity contribution in [3.05, 3.63) is 29.8 Å². The molecule has 0 aliphatic rings. The van der Waals surface area contributed by atoms with Crippen LogP contribution in [0.4, 0.5) is 5.69 Å². The Kier molecular flexibility index (Phi) is 5.16. The fourth-order valence-corrected chi connectivity index (χ4v) is 1.87. The second-order valence-electron chi connectivity index (χ2n) is 4.14. The van der Waals surface area contributed by atoms with Crippen LogP contribution in [-0.2, 0) is 0 Å². The molecule has 0 amide bonds. The molecule has 1 aromatic rings. The fraction of sp³-hybridized carbons (Fsp3) is 0.538. The molecule has 0 N–H and O–H groups in total. The highest BCUT2D eigenvalue weighted by molar-refractivity contribution is 9.09. The predicted octanol–water partition coefficient (Wildman–Crippen LogP) is 3.85. The highest BCUT2D eigenvalue weighted by Gasteiger charge is 2.08. The van der Waals surface area contributed by atoms with Crippen LogP contribution < -0.4 is 4.90 Å². The highest BCUT2D eigenvalue weighted by Crippen LogP contribution is 2.17. The molecule has 1 atom stereocenters. The van der Waals surface area contributed by atoms with Crippen LogP contribution in [0, 0.1) is 12.8 Å². The topological polar surface area (TPSA) is 3.24 Å². The van der Waals surface area contributed by atoms with Gasteiger partial charge in [-0.2, -0.15) is 0 Å². The Morgan fingerprint density at radius 2 is 2.13 bits per heavy atom. The van der Waals surface area contributed by atoms with E-state index in [1.165, 1.54) is 11.3 Å². The van der Waals surface area contributed by atoms with Gasteiger partial charge in [0.25, 0.3) is 0 Å². The number of nitrogens with zero attached hydrogens (tertiary/aromatic N) is 1. The quantitative estimate of drug-likeness (QED) is 0.734. The molecule has 0 heterocycles. The number of alkyl halides is 1. The smallest absolute Gasteiger partial charge is 0.0368 e. The van der Waals surface area contributed by atoms with Crippen LogP contribution in [0.2, 0.25) is 0 Å². The SMILES string of the molecule is CCN(CC(C)CBr)c1cccc(C)c1. The molecule has 0 fully saturated rings. The van der Waals surface area contributed by atoms with E-state index in [0.717, 1.165) is 18.4 Å². The third-order valence-corrected chi connectivity index (χ3v) is 3.65. The first-order valence-electron chi connectivity index (χ1n) is 5.55. The molecule has 0 aliphatic carbocycles. The van der Waals surface area contributed by atoms with Gasteiger partial charge in [-0.25, -0.2) is 0 Å². The summed E-state index contributed by atoms with van der Waals surface area (Å²) in [6, 6.07) is 8.72. The molecule has 84 valence electrons. The van der Waals surface area contributed by atoms with Gasteiger partial charge in [0.05, 0.1) is 0 Å². The zero-order valence-corrected chi connectivity index (χ0v) is 11.4. The number of anilines is 1. The second-order valence-corrected chi connectivity index (χ2v) is 4.78. The third-order valence-electron chi connectivity index (χ3n) is 2.54. The number of hydrogen-bond donors (Lipinski definition) is 0. The standard InChI is InChI=1S/C13H20BrN/c1-4-15(10-12(3)9-14)13-7-5-6-11(2)8-13/h5-8,12H,4,9-10H2,1-3H3. The molecular formula is C13H20BrN. The maximum Gasteiger partial charge on any atom is 0.0368 e. The summed E-state index contributed by atoms with van der Waals surface area (Å²) in [7, 11) is 0. The molecule has 0 saturated carbocycles. The van der Waals surface area contributed by atoms with Gasteiger partial charge in [-0.3, -0.25) is 0 Å². The summed E-state index contributed by atoms with van der Waals surface area (Å²) in [5, 5.41) is 1.06. The van der Waals surface area contributed by atoms with Gasteiger partial charge in [0.15, 0.2) is 0 Å². The maximum atomic E-state index is 3.53. The summed E-state index contributed by atoms with van der Waals surface area (Å²) in [6.45, 7) is 8.81. The number of rotatable bonds is 5. The lowest BCUT2D eigenvalue weighted by Gasteiger charge is -2.26. The summed E-state index contributed by atoms with van der Waals surface area (Å²) < 4.78 is 0. The van der Waals surface area contributed by atoms with Crippen molar-refractivity contribution >= 4 is 21.6 Å². The Hall–Kier alpha value is -0.500. The van der Waals surface area contributed by atoms with E-state index in [4.69, 9.17) is 0 Å². The molecule has 0 aromatic heterocycles. The Labute approximate surface area is 102 Å². The molecule has 0 spiro atoms. The summed E-state index contributed by atoms with van der Waals surface area (Å²) in [6.07, 6.45) is 0. The van der Waals surface area contributed by atoms with Crippen LogP contribution >= 0.6 is 15.9 Å². The first-order chi connectivity index (χ1) is 7.17. The van der Waals surface area contributed by atoms with E-state index in [-0.39, 0.29) is 0 Å². The van der Waals surface area contributed by atoms with Crippen molar-refractivity contribution in [3.63, 3.8) is 0 Å². The van der Waals surface area contributed by atoms with Crippen molar-refractivity contribution in [1.82, 2.24) is 0 Å². The Morgan fingerprint density at radius 3 is 2.67 bits per heavy atom. The van der Waals surface area contributed by atoms with E-state index in [1.54, 1.807) is 0 Å². The number of hydrogen-bond acceptors (Lipinski definition) is 1. The Morgan fingerprint density at radius 1 is 1.40 bits per heavy atom. The average molecular weight is 270 g/mol. The van der Waals surface area contributed by atoms with E-state index in [1.807, 2.05) is 0 Å². The zero-order chi connectivity index (χ0) is 11.3. The minimum atomic E-state index is 0.686. The predicted molar refractivity (Wildman–Crippen MR) is 72.0 cm³/mol.